The van der Waals surface area contributed by atoms with Gasteiger partial charge in [-0.25, -0.2) is 4.79 Å². The van der Waals surface area contributed by atoms with Crippen molar-refractivity contribution >= 4 is 27.6 Å². The number of anilines is 1. The summed E-state index contributed by atoms with van der Waals surface area (Å²) in [6.07, 6.45) is 3.46. The van der Waals surface area contributed by atoms with Gasteiger partial charge in [0.05, 0.1) is 13.2 Å². The van der Waals surface area contributed by atoms with Gasteiger partial charge in [0.15, 0.2) is 0 Å². The van der Waals surface area contributed by atoms with Crippen molar-refractivity contribution < 1.29 is 9.53 Å². The van der Waals surface area contributed by atoms with Gasteiger partial charge in [0, 0.05) is 30.3 Å². The molecule has 0 saturated carbocycles. The van der Waals surface area contributed by atoms with E-state index in [1.807, 2.05) is 53.2 Å². The molecule has 2 aliphatic rings. The molecular weight excluding hydrogens is 442 g/mol. The standard InChI is InChI=1S/C24H30BrN3O2/c1-26-21(17-28(24(26)29)20-6-4-3-5-7-20)16-27-12-10-18(11-13-27)14-19-15-22(30-2)8-9-23(19)25/h3-9,15,18,21H,10-14,16-17H2,1-2H3. The fourth-order valence-electron chi connectivity index (χ4n) is 4.58. The number of amides is 2. The molecule has 2 aromatic rings. The molecule has 0 spiro atoms. The largest absolute Gasteiger partial charge is 0.497 e. The van der Waals surface area contributed by atoms with Gasteiger partial charge in [-0.1, -0.05) is 34.1 Å². The summed E-state index contributed by atoms with van der Waals surface area (Å²) in [5.41, 5.74) is 2.31. The molecule has 0 radical (unpaired) electrons. The highest BCUT2D eigenvalue weighted by Gasteiger charge is 2.36. The first-order chi connectivity index (χ1) is 14.5. The van der Waals surface area contributed by atoms with E-state index in [1.54, 1.807) is 7.11 Å². The Morgan fingerprint density at radius 1 is 1.10 bits per heavy atom. The molecule has 30 heavy (non-hydrogen) atoms. The third kappa shape index (κ3) is 4.65. The number of piperidine rings is 1. The summed E-state index contributed by atoms with van der Waals surface area (Å²) in [5.74, 6) is 1.61. The third-order valence-corrected chi connectivity index (χ3v) is 7.25. The molecule has 2 aromatic carbocycles. The average Bonchev–Trinajstić information content (AvgIpc) is 3.05. The summed E-state index contributed by atoms with van der Waals surface area (Å²) < 4.78 is 6.55. The van der Waals surface area contributed by atoms with Gasteiger partial charge in [0.25, 0.3) is 0 Å². The second-order valence-electron chi connectivity index (χ2n) is 8.40. The van der Waals surface area contributed by atoms with Crippen molar-refractivity contribution in [3.8, 4) is 5.75 Å². The van der Waals surface area contributed by atoms with E-state index < -0.39 is 0 Å². The zero-order valence-electron chi connectivity index (χ0n) is 17.8. The number of likely N-dealkylation sites (N-methyl/N-ethyl adjacent to an activating group) is 1. The van der Waals surface area contributed by atoms with Crippen LogP contribution in [0.1, 0.15) is 18.4 Å². The third-order valence-electron chi connectivity index (χ3n) is 6.48. The summed E-state index contributed by atoms with van der Waals surface area (Å²) >= 11 is 3.69. The number of likely N-dealkylation sites (tertiary alicyclic amines) is 1. The molecule has 2 amide bonds. The van der Waals surface area contributed by atoms with Crippen molar-refractivity contribution in [1.82, 2.24) is 9.80 Å². The van der Waals surface area contributed by atoms with Crippen molar-refractivity contribution in [2.45, 2.75) is 25.3 Å². The van der Waals surface area contributed by atoms with Gasteiger partial charge < -0.3 is 14.5 Å². The number of urea groups is 1. The summed E-state index contributed by atoms with van der Waals surface area (Å²) in [5, 5.41) is 0. The van der Waals surface area contributed by atoms with Crippen molar-refractivity contribution in [3.05, 3.63) is 58.6 Å². The molecule has 0 bridgehead atoms. The van der Waals surface area contributed by atoms with Crippen LogP contribution in [0.2, 0.25) is 0 Å². The van der Waals surface area contributed by atoms with Crippen LogP contribution in [0.15, 0.2) is 53.0 Å². The molecule has 2 aliphatic heterocycles. The number of benzene rings is 2. The molecule has 2 saturated heterocycles. The number of hydrogen-bond acceptors (Lipinski definition) is 3. The van der Waals surface area contributed by atoms with Crippen LogP contribution >= 0.6 is 15.9 Å². The van der Waals surface area contributed by atoms with E-state index in [9.17, 15) is 4.79 Å². The molecule has 2 fully saturated rings. The van der Waals surface area contributed by atoms with Gasteiger partial charge >= 0.3 is 6.03 Å². The predicted molar refractivity (Wildman–Crippen MR) is 124 cm³/mol. The number of rotatable bonds is 6. The lowest BCUT2D eigenvalue weighted by Crippen LogP contribution is -2.44. The zero-order chi connectivity index (χ0) is 21.1. The highest BCUT2D eigenvalue weighted by atomic mass is 79.9. The quantitative estimate of drug-likeness (QED) is 0.614. The number of para-hydroxylation sites is 1. The van der Waals surface area contributed by atoms with Crippen molar-refractivity contribution in [3.63, 3.8) is 0 Å². The van der Waals surface area contributed by atoms with E-state index in [2.05, 4.69) is 33.0 Å². The Bertz CT molecular complexity index is 868. The highest BCUT2D eigenvalue weighted by Crippen LogP contribution is 2.29. The Hall–Kier alpha value is -2.05. The lowest BCUT2D eigenvalue weighted by Gasteiger charge is -2.34. The lowest BCUT2D eigenvalue weighted by molar-refractivity contribution is 0.149. The smallest absolute Gasteiger partial charge is 0.324 e. The molecule has 0 aliphatic carbocycles. The Morgan fingerprint density at radius 2 is 1.83 bits per heavy atom. The fourth-order valence-corrected chi connectivity index (χ4v) is 4.99. The first-order valence-corrected chi connectivity index (χ1v) is 11.5. The van der Waals surface area contributed by atoms with E-state index >= 15 is 0 Å². The van der Waals surface area contributed by atoms with E-state index in [0.29, 0.717) is 5.92 Å². The highest BCUT2D eigenvalue weighted by molar-refractivity contribution is 9.10. The topological polar surface area (TPSA) is 36.0 Å². The van der Waals surface area contributed by atoms with Crippen molar-refractivity contribution in [1.29, 1.82) is 0 Å². The molecule has 5 nitrogen and oxygen atoms in total. The van der Waals surface area contributed by atoms with Crippen molar-refractivity contribution in [2.24, 2.45) is 5.92 Å². The van der Waals surface area contributed by atoms with Crippen LogP contribution in [0.3, 0.4) is 0 Å². The van der Waals surface area contributed by atoms with Gasteiger partial charge in [0.1, 0.15) is 5.75 Å². The van der Waals surface area contributed by atoms with Crippen LogP contribution in [-0.4, -0.2) is 62.2 Å². The maximum atomic E-state index is 12.7. The number of carbonyl (C=O) groups excluding carboxylic acids is 1. The minimum Gasteiger partial charge on any atom is -0.497 e. The van der Waals surface area contributed by atoms with Gasteiger partial charge in [0.2, 0.25) is 0 Å². The van der Waals surface area contributed by atoms with Crippen LogP contribution in [-0.2, 0) is 6.42 Å². The Balaban J connectivity index is 1.30. The molecule has 4 rings (SSSR count). The minimum atomic E-state index is 0.101. The number of nitrogens with zero attached hydrogens (tertiary/aromatic N) is 3. The van der Waals surface area contributed by atoms with Crippen molar-refractivity contribution in [2.75, 3.05) is 45.2 Å². The van der Waals surface area contributed by atoms with E-state index in [0.717, 1.165) is 48.5 Å². The lowest BCUT2D eigenvalue weighted by atomic mass is 9.90. The van der Waals surface area contributed by atoms with E-state index in [-0.39, 0.29) is 12.1 Å². The molecule has 0 N–H and O–H groups in total. The number of halogens is 1. The molecule has 2 heterocycles. The van der Waals surface area contributed by atoms with Gasteiger partial charge in [-0.3, -0.25) is 4.90 Å². The second-order valence-corrected chi connectivity index (χ2v) is 9.25. The summed E-state index contributed by atoms with van der Waals surface area (Å²) in [7, 11) is 3.65. The maximum Gasteiger partial charge on any atom is 0.324 e. The first-order valence-electron chi connectivity index (χ1n) is 10.7. The normalized spacial score (nSPS) is 20.8. The zero-order valence-corrected chi connectivity index (χ0v) is 19.3. The SMILES string of the molecule is COc1ccc(Br)c(CC2CCN(CC3CN(c4ccccc4)C(=O)N3C)CC2)c1. The van der Waals surface area contributed by atoms with Crippen LogP contribution in [0.5, 0.6) is 5.75 Å². The summed E-state index contributed by atoms with van der Waals surface area (Å²) in [4.78, 5) is 19.1. The Morgan fingerprint density at radius 3 is 2.53 bits per heavy atom. The number of ether oxygens (including phenoxy) is 1. The van der Waals surface area contributed by atoms with Crippen LogP contribution < -0.4 is 9.64 Å². The van der Waals surface area contributed by atoms with E-state index in [1.165, 1.54) is 18.4 Å². The molecular formula is C24H30BrN3O2. The molecule has 160 valence electrons. The van der Waals surface area contributed by atoms with Gasteiger partial charge in [-0.15, -0.1) is 0 Å². The second kappa shape index (κ2) is 9.40. The first kappa shape index (κ1) is 21.2. The molecule has 0 aromatic heterocycles. The monoisotopic (exact) mass is 471 g/mol. The van der Waals surface area contributed by atoms with Crippen LogP contribution in [0, 0.1) is 5.92 Å². The summed E-state index contributed by atoms with van der Waals surface area (Å²) in [6, 6.07) is 16.5. The maximum absolute atomic E-state index is 12.7. The Kier molecular flexibility index (Phi) is 6.64. The molecule has 1 atom stereocenters. The van der Waals surface area contributed by atoms with Crippen LogP contribution in [0.4, 0.5) is 10.5 Å². The van der Waals surface area contributed by atoms with E-state index in [4.69, 9.17) is 4.74 Å². The molecule has 1 unspecified atom stereocenters. The molecule has 6 heteroatoms. The number of carbonyl (C=O) groups is 1. The minimum absolute atomic E-state index is 0.101. The van der Waals surface area contributed by atoms with Gasteiger partial charge in [-0.05, 0) is 74.2 Å². The van der Waals surface area contributed by atoms with Gasteiger partial charge in [-0.2, -0.15) is 0 Å². The number of methoxy groups -OCH3 is 1. The fraction of sp³-hybridized carbons (Fsp3) is 0.458. The average molecular weight is 472 g/mol. The number of hydrogen-bond donors (Lipinski definition) is 0. The predicted octanol–water partition coefficient (Wildman–Crippen LogP) is 4.65. The summed E-state index contributed by atoms with van der Waals surface area (Å²) in [6.45, 7) is 3.89. The van der Waals surface area contributed by atoms with Crippen LogP contribution in [0.25, 0.3) is 0 Å². The Labute approximate surface area is 187 Å².